The highest BCUT2D eigenvalue weighted by Crippen LogP contribution is 2.33. The van der Waals surface area contributed by atoms with E-state index < -0.39 is 0 Å². The maximum Gasteiger partial charge on any atom is 0.0529 e. The van der Waals surface area contributed by atoms with Gasteiger partial charge in [0.1, 0.15) is 0 Å². The number of hydrogen-bond donors (Lipinski definition) is 0. The fourth-order valence-electron chi connectivity index (χ4n) is 1.25. The van der Waals surface area contributed by atoms with E-state index >= 15 is 0 Å². The highest BCUT2D eigenvalue weighted by molar-refractivity contribution is 7.19. The summed E-state index contributed by atoms with van der Waals surface area (Å²) in [5.41, 5.74) is 0.254. The standard InChI is InChI=1S/C11H13NS.C2H6/c1-11(2,3)10-6-8-4-5-12-7-9(8)13-10;1-2/h4-7H,1-3H3;1-2H3. The van der Waals surface area contributed by atoms with Crippen LogP contribution in [-0.4, -0.2) is 4.98 Å². The molecule has 0 amide bonds. The smallest absolute Gasteiger partial charge is 0.0529 e. The molecule has 0 atom stereocenters. The second kappa shape index (κ2) is 4.75. The Morgan fingerprint density at radius 1 is 1.20 bits per heavy atom. The van der Waals surface area contributed by atoms with Crippen molar-refractivity contribution in [2.45, 2.75) is 40.0 Å². The Labute approximate surface area is 96.2 Å². The monoisotopic (exact) mass is 221 g/mol. The minimum absolute atomic E-state index is 0.254. The van der Waals surface area contributed by atoms with E-state index in [1.807, 2.05) is 37.6 Å². The van der Waals surface area contributed by atoms with Crippen LogP contribution < -0.4 is 0 Å². The molecule has 0 unspecified atom stereocenters. The molecule has 0 fully saturated rings. The highest BCUT2D eigenvalue weighted by atomic mass is 32.1. The Balaban J connectivity index is 0.000000531. The number of pyridine rings is 1. The lowest BCUT2D eigenvalue weighted by Crippen LogP contribution is -2.07. The van der Waals surface area contributed by atoms with Crippen LogP contribution >= 0.6 is 11.3 Å². The number of hydrogen-bond acceptors (Lipinski definition) is 2. The van der Waals surface area contributed by atoms with Gasteiger partial charge in [-0.15, -0.1) is 11.3 Å². The van der Waals surface area contributed by atoms with Crippen molar-refractivity contribution in [2.24, 2.45) is 0 Å². The second-order valence-electron chi connectivity index (χ2n) is 4.27. The van der Waals surface area contributed by atoms with Crippen LogP contribution in [0.2, 0.25) is 0 Å². The van der Waals surface area contributed by atoms with Crippen LogP contribution in [0, 0.1) is 0 Å². The molecule has 2 aromatic rings. The van der Waals surface area contributed by atoms with Crippen molar-refractivity contribution >= 4 is 21.4 Å². The summed E-state index contributed by atoms with van der Waals surface area (Å²) in [5.74, 6) is 0. The molecular formula is C13H19NS. The van der Waals surface area contributed by atoms with Crippen molar-refractivity contribution in [2.75, 3.05) is 0 Å². The predicted molar refractivity (Wildman–Crippen MR) is 69.7 cm³/mol. The van der Waals surface area contributed by atoms with Gasteiger partial charge in [-0.05, 0) is 22.9 Å². The molecule has 0 aliphatic rings. The molecule has 1 nitrogen and oxygen atoms in total. The fraction of sp³-hybridized carbons (Fsp3) is 0.462. The van der Waals surface area contributed by atoms with Crippen molar-refractivity contribution in [1.82, 2.24) is 4.98 Å². The van der Waals surface area contributed by atoms with Gasteiger partial charge in [0.15, 0.2) is 0 Å². The average molecular weight is 221 g/mol. The van der Waals surface area contributed by atoms with E-state index in [0.717, 1.165) is 0 Å². The Kier molecular flexibility index (Phi) is 3.86. The van der Waals surface area contributed by atoms with Crippen molar-refractivity contribution in [3.8, 4) is 0 Å². The van der Waals surface area contributed by atoms with Gasteiger partial charge in [-0.1, -0.05) is 34.6 Å². The molecule has 0 N–H and O–H groups in total. The molecule has 0 bridgehead atoms. The second-order valence-corrected chi connectivity index (χ2v) is 5.36. The van der Waals surface area contributed by atoms with Gasteiger partial charge in [0.2, 0.25) is 0 Å². The lowest BCUT2D eigenvalue weighted by atomic mass is 9.94. The molecule has 0 saturated carbocycles. The van der Waals surface area contributed by atoms with E-state index in [0.29, 0.717) is 0 Å². The molecule has 0 aromatic carbocycles. The van der Waals surface area contributed by atoms with E-state index in [9.17, 15) is 0 Å². The molecule has 2 heterocycles. The minimum atomic E-state index is 0.254. The first kappa shape index (κ1) is 12.2. The number of nitrogens with zero attached hydrogens (tertiary/aromatic N) is 1. The van der Waals surface area contributed by atoms with Gasteiger partial charge in [-0.3, -0.25) is 4.98 Å². The zero-order chi connectivity index (χ0) is 11.5. The molecule has 2 heteroatoms. The first-order valence-electron chi connectivity index (χ1n) is 5.41. The lowest BCUT2D eigenvalue weighted by molar-refractivity contribution is 0.604. The summed E-state index contributed by atoms with van der Waals surface area (Å²) < 4.78 is 1.28. The summed E-state index contributed by atoms with van der Waals surface area (Å²) in [6.45, 7) is 10.7. The molecular weight excluding hydrogens is 202 g/mol. The molecule has 0 saturated heterocycles. The third kappa shape index (κ3) is 2.78. The van der Waals surface area contributed by atoms with Crippen LogP contribution in [0.15, 0.2) is 24.5 Å². The van der Waals surface area contributed by atoms with Gasteiger partial charge in [-0.25, -0.2) is 0 Å². The van der Waals surface area contributed by atoms with Crippen LogP contribution in [0.3, 0.4) is 0 Å². The molecule has 82 valence electrons. The first-order chi connectivity index (χ1) is 7.07. The number of thiophene rings is 1. The van der Waals surface area contributed by atoms with Gasteiger partial charge >= 0.3 is 0 Å². The normalized spacial score (nSPS) is 11.0. The molecule has 0 spiro atoms. The molecule has 15 heavy (non-hydrogen) atoms. The molecule has 0 aliphatic carbocycles. The summed E-state index contributed by atoms with van der Waals surface area (Å²) in [6, 6.07) is 4.34. The number of fused-ring (bicyclic) bond motifs is 1. The summed E-state index contributed by atoms with van der Waals surface area (Å²) in [4.78, 5) is 5.55. The van der Waals surface area contributed by atoms with Crippen LogP contribution in [-0.2, 0) is 5.41 Å². The molecule has 0 radical (unpaired) electrons. The Bertz CT molecular complexity index is 390. The topological polar surface area (TPSA) is 12.9 Å². The van der Waals surface area contributed by atoms with Gasteiger partial charge in [0.25, 0.3) is 0 Å². The van der Waals surface area contributed by atoms with E-state index in [1.54, 1.807) is 0 Å². The number of aromatic nitrogens is 1. The quantitative estimate of drug-likeness (QED) is 0.632. The minimum Gasteiger partial charge on any atom is -0.263 e. The van der Waals surface area contributed by atoms with Crippen LogP contribution in [0.5, 0.6) is 0 Å². The highest BCUT2D eigenvalue weighted by Gasteiger charge is 2.16. The Morgan fingerprint density at radius 2 is 1.87 bits per heavy atom. The largest absolute Gasteiger partial charge is 0.263 e. The molecule has 2 aromatic heterocycles. The number of rotatable bonds is 0. The maximum absolute atomic E-state index is 4.12. The van der Waals surface area contributed by atoms with E-state index in [4.69, 9.17) is 0 Å². The van der Waals surface area contributed by atoms with Gasteiger partial charge in [0.05, 0.1) is 4.70 Å². The van der Waals surface area contributed by atoms with Crippen LogP contribution in [0.4, 0.5) is 0 Å². The van der Waals surface area contributed by atoms with E-state index in [1.165, 1.54) is 15.0 Å². The summed E-state index contributed by atoms with van der Waals surface area (Å²) >= 11 is 1.84. The molecule has 0 aliphatic heterocycles. The van der Waals surface area contributed by atoms with Crippen LogP contribution in [0.1, 0.15) is 39.5 Å². The van der Waals surface area contributed by atoms with Crippen molar-refractivity contribution in [3.05, 3.63) is 29.4 Å². The SMILES string of the molecule is CC.CC(C)(C)c1cc2ccncc2s1. The summed E-state index contributed by atoms with van der Waals surface area (Å²) in [7, 11) is 0. The van der Waals surface area contributed by atoms with E-state index in [-0.39, 0.29) is 5.41 Å². The zero-order valence-electron chi connectivity index (χ0n) is 10.2. The van der Waals surface area contributed by atoms with Crippen LogP contribution in [0.25, 0.3) is 10.1 Å². The van der Waals surface area contributed by atoms with Crippen molar-refractivity contribution < 1.29 is 0 Å². The summed E-state index contributed by atoms with van der Waals surface area (Å²) in [5, 5.41) is 1.31. The zero-order valence-corrected chi connectivity index (χ0v) is 11.0. The summed E-state index contributed by atoms with van der Waals surface area (Å²) in [6.07, 6.45) is 3.79. The lowest BCUT2D eigenvalue weighted by Gasteiger charge is -2.14. The average Bonchev–Trinajstić information content (AvgIpc) is 2.63. The van der Waals surface area contributed by atoms with Gasteiger partial charge in [0, 0.05) is 17.3 Å². The van der Waals surface area contributed by atoms with Gasteiger partial charge < -0.3 is 0 Å². The predicted octanol–water partition coefficient (Wildman–Crippen LogP) is 4.62. The fourth-order valence-corrected chi connectivity index (χ4v) is 2.34. The maximum atomic E-state index is 4.12. The van der Waals surface area contributed by atoms with Gasteiger partial charge in [-0.2, -0.15) is 0 Å². The Hall–Kier alpha value is -0.890. The third-order valence-electron chi connectivity index (χ3n) is 2.06. The first-order valence-corrected chi connectivity index (χ1v) is 6.23. The Morgan fingerprint density at radius 3 is 2.40 bits per heavy atom. The van der Waals surface area contributed by atoms with E-state index in [2.05, 4.69) is 37.9 Å². The third-order valence-corrected chi connectivity index (χ3v) is 3.57. The van der Waals surface area contributed by atoms with Crippen molar-refractivity contribution in [1.29, 1.82) is 0 Å². The molecule has 2 rings (SSSR count). The van der Waals surface area contributed by atoms with Crippen molar-refractivity contribution in [3.63, 3.8) is 0 Å².